The Balaban J connectivity index is 1.51. The zero-order valence-electron chi connectivity index (χ0n) is 14.0. The maximum Gasteiger partial charge on any atom is 0.230 e. The van der Waals surface area contributed by atoms with Crippen molar-refractivity contribution in [2.45, 2.75) is 56.1 Å². The predicted octanol–water partition coefficient (Wildman–Crippen LogP) is 3.40. The van der Waals surface area contributed by atoms with Crippen molar-refractivity contribution in [1.82, 2.24) is 20.1 Å². The first-order valence-electron chi connectivity index (χ1n) is 8.59. The quantitative estimate of drug-likeness (QED) is 0.839. The van der Waals surface area contributed by atoms with Crippen molar-refractivity contribution in [2.75, 3.05) is 5.75 Å². The Morgan fingerprint density at radius 3 is 2.75 bits per heavy atom. The van der Waals surface area contributed by atoms with Crippen LogP contribution in [0.4, 0.5) is 0 Å². The lowest BCUT2D eigenvalue weighted by Gasteiger charge is -2.20. The number of hydrogen-bond donors (Lipinski definition) is 1. The molecule has 3 rings (SSSR count). The van der Waals surface area contributed by atoms with Gasteiger partial charge in [-0.25, -0.2) is 0 Å². The second kappa shape index (κ2) is 8.37. The van der Waals surface area contributed by atoms with E-state index in [0.717, 1.165) is 12.8 Å². The van der Waals surface area contributed by atoms with Crippen molar-refractivity contribution in [2.24, 2.45) is 7.05 Å². The van der Waals surface area contributed by atoms with Crippen LogP contribution >= 0.6 is 11.8 Å². The van der Waals surface area contributed by atoms with E-state index in [1.54, 1.807) is 6.26 Å². The van der Waals surface area contributed by atoms with Crippen LogP contribution in [0.3, 0.4) is 0 Å². The first kappa shape index (κ1) is 17.1. The van der Waals surface area contributed by atoms with E-state index < -0.39 is 0 Å². The summed E-state index contributed by atoms with van der Waals surface area (Å²) in [5.41, 5.74) is 0. The van der Waals surface area contributed by atoms with Crippen molar-refractivity contribution in [3.8, 4) is 11.6 Å². The van der Waals surface area contributed by atoms with E-state index in [9.17, 15) is 4.79 Å². The van der Waals surface area contributed by atoms with Crippen LogP contribution in [-0.4, -0.2) is 32.5 Å². The molecule has 7 heteroatoms. The summed E-state index contributed by atoms with van der Waals surface area (Å²) in [4.78, 5) is 12.2. The Morgan fingerprint density at radius 1 is 1.29 bits per heavy atom. The van der Waals surface area contributed by atoms with Crippen LogP contribution < -0.4 is 5.32 Å². The molecule has 6 nitrogen and oxygen atoms in total. The third-order valence-corrected chi connectivity index (χ3v) is 5.40. The normalized spacial score (nSPS) is 16.5. The molecule has 1 amide bonds. The second-order valence-corrected chi connectivity index (χ2v) is 7.18. The minimum Gasteiger partial charge on any atom is -0.461 e. The number of carbonyl (C=O) groups excluding carboxylic acids is 1. The van der Waals surface area contributed by atoms with E-state index in [-0.39, 0.29) is 5.91 Å². The van der Waals surface area contributed by atoms with Crippen LogP contribution in [0.5, 0.6) is 0 Å². The number of carbonyl (C=O) groups is 1. The molecule has 24 heavy (non-hydrogen) atoms. The van der Waals surface area contributed by atoms with E-state index in [2.05, 4.69) is 15.5 Å². The summed E-state index contributed by atoms with van der Waals surface area (Å²) in [5, 5.41) is 12.2. The summed E-state index contributed by atoms with van der Waals surface area (Å²) in [6, 6.07) is 4.00. The molecule has 0 unspecified atom stereocenters. The lowest BCUT2D eigenvalue weighted by atomic mass is 9.97. The first-order valence-corrected chi connectivity index (χ1v) is 9.58. The SMILES string of the molecule is Cn1c(SCC(=O)NC2CCCCCCC2)nnc1-c1ccco1. The molecule has 130 valence electrons. The Bertz CT molecular complexity index is 646. The molecule has 1 aliphatic carbocycles. The molecule has 2 aromatic rings. The smallest absolute Gasteiger partial charge is 0.230 e. The second-order valence-electron chi connectivity index (χ2n) is 6.24. The van der Waals surface area contributed by atoms with Crippen molar-refractivity contribution in [1.29, 1.82) is 0 Å². The predicted molar refractivity (Wildman–Crippen MR) is 93.7 cm³/mol. The van der Waals surface area contributed by atoms with Crippen LogP contribution in [0.25, 0.3) is 11.6 Å². The molecule has 1 N–H and O–H groups in total. The van der Waals surface area contributed by atoms with Gasteiger partial charge in [-0.05, 0) is 25.0 Å². The summed E-state index contributed by atoms with van der Waals surface area (Å²) in [5.74, 6) is 1.78. The zero-order valence-corrected chi connectivity index (χ0v) is 14.8. The third-order valence-electron chi connectivity index (χ3n) is 4.38. The highest BCUT2D eigenvalue weighted by Crippen LogP contribution is 2.23. The van der Waals surface area contributed by atoms with Gasteiger partial charge in [0.2, 0.25) is 5.91 Å². The minimum atomic E-state index is 0.0770. The van der Waals surface area contributed by atoms with Crippen molar-refractivity contribution >= 4 is 17.7 Å². The molecule has 0 aromatic carbocycles. The van der Waals surface area contributed by atoms with Gasteiger partial charge in [-0.3, -0.25) is 4.79 Å². The fraction of sp³-hybridized carbons (Fsp3) is 0.588. The largest absolute Gasteiger partial charge is 0.461 e. The number of nitrogens with one attached hydrogen (secondary N) is 1. The van der Waals surface area contributed by atoms with Crippen molar-refractivity contribution < 1.29 is 9.21 Å². The summed E-state index contributed by atoms with van der Waals surface area (Å²) < 4.78 is 7.20. The van der Waals surface area contributed by atoms with Gasteiger partial charge >= 0.3 is 0 Å². The van der Waals surface area contributed by atoms with Gasteiger partial charge in [0, 0.05) is 13.1 Å². The molecule has 1 saturated carbocycles. The molecule has 2 heterocycles. The van der Waals surface area contributed by atoms with Gasteiger partial charge in [-0.2, -0.15) is 0 Å². The summed E-state index contributed by atoms with van der Waals surface area (Å²) >= 11 is 1.41. The van der Waals surface area contributed by atoms with E-state index in [1.165, 1.54) is 43.9 Å². The molecule has 2 aromatic heterocycles. The fourth-order valence-electron chi connectivity index (χ4n) is 3.06. The highest BCUT2D eigenvalue weighted by Gasteiger charge is 2.17. The maximum atomic E-state index is 12.2. The molecule has 0 saturated heterocycles. The average molecular weight is 348 g/mol. The first-order chi connectivity index (χ1) is 11.7. The number of thioether (sulfide) groups is 1. The van der Waals surface area contributed by atoms with Crippen LogP contribution in [0.2, 0.25) is 0 Å². The molecular weight excluding hydrogens is 324 g/mol. The molecule has 0 atom stereocenters. The monoisotopic (exact) mass is 348 g/mol. The number of amides is 1. The Hall–Kier alpha value is -1.76. The Kier molecular flexibility index (Phi) is 5.96. The molecular formula is C17H24N4O2S. The van der Waals surface area contributed by atoms with Gasteiger partial charge < -0.3 is 14.3 Å². The molecule has 0 spiro atoms. The summed E-state index contributed by atoms with van der Waals surface area (Å²) in [7, 11) is 1.88. The third kappa shape index (κ3) is 4.41. The highest BCUT2D eigenvalue weighted by molar-refractivity contribution is 7.99. The van der Waals surface area contributed by atoms with Gasteiger partial charge in [0.15, 0.2) is 16.7 Å². The van der Waals surface area contributed by atoms with Crippen molar-refractivity contribution in [3.63, 3.8) is 0 Å². The lowest BCUT2D eigenvalue weighted by Crippen LogP contribution is -2.36. The van der Waals surface area contributed by atoms with Crippen LogP contribution in [0.15, 0.2) is 28.0 Å². The number of rotatable bonds is 5. The highest BCUT2D eigenvalue weighted by atomic mass is 32.2. The van der Waals surface area contributed by atoms with Gasteiger partial charge in [-0.15, -0.1) is 10.2 Å². The van der Waals surface area contributed by atoms with Gasteiger partial charge in [0.25, 0.3) is 0 Å². The Morgan fingerprint density at radius 2 is 2.04 bits per heavy atom. The van der Waals surface area contributed by atoms with Gasteiger partial charge in [0.05, 0.1) is 12.0 Å². The Labute approximate surface area is 146 Å². The molecule has 1 fully saturated rings. The topological polar surface area (TPSA) is 73.0 Å². The van der Waals surface area contributed by atoms with E-state index >= 15 is 0 Å². The zero-order chi connectivity index (χ0) is 16.8. The number of aromatic nitrogens is 3. The van der Waals surface area contributed by atoms with E-state index in [4.69, 9.17) is 4.42 Å². The molecule has 1 aliphatic rings. The summed E-state index contributed by atoms with van der Waals surface area (Å²) in [6.07, 6.45) is 10.2. The van der Waals surface area contributed by atoms with Crippen LogP contribution in [-0.2, 0) is 11.8 Å². The average Bonchev–Trinajstić information content (AvgIpc) is 3.17. The molecule has 0 bridgehead atoms. The van der Waals surface area contributed by atoms with E-state index in [1.807, 2.05) is 23.7 Å². The fourth-order valence-corrected chi connectivity index (χ4v) is 3.78. The molecule has 0 aliphatic heterocycles. The number of furan rings is 1. The standard InChI is InChI=1S/C17H24N4O2S/c1-21-16(14-10-7-11-23-14)19-20-17(21)24-12-15(22)18-13-8-5-3-2-4-6-9-13/h7,10-11,13H,2-6,8-9,12H2,1H3,(H,18,22). The lowest BCUT2D eigenvalue weighted by molar-refractivity contribution is -0.119. The maximum absolute atomic E-state index is 12.2. The van der Waals surface area contributed by atoms with Gasteiger partial charge in [0.1, 0.15) is 0 Å². The van der Waals surface area contributed by atoms with Crippen LogP contribution in [0, 0.1) is 0 Å². The van der Waals surface area contributed by atoms with Gasteiger partial charge in [-0.1, -0.05) is 43.9 Å². The van der Waals surface area contributed by atoms with E-state index in [0.29, 0.717) is 28.5 Å². The minimum absolute atomic E-state index is 0.0770. The summed E-state index contributed by atoms with van der Waals surface area (Å²) in [6.45, 7) is 0. The van der Waals surface area contributed by atoms with Crippen LogP contribution in [0.1, 0.15) is 44.9 Å². The molecule has 0 radical (unpaired) electrons. The number of hydrogen-bond acceptors (Lipinski definition) is 5. The number of nitrogens with zero attached hydrogens (tertiary/aromatic N) is 3. The van der Waals surface area contributed by atoms with Crippen molar-refractivity contribution in [3.05, 3.63) is 18.4 Å².